The molecule has 0 bridgehead atoms. The summed E-state index contributed by atoms with van der Waals surface area (Å²) >= 11 is 5.76. The van der Waals surface area contributed by atoms with Crippen LogP contribution >= 0.6 is 11.6 Å². The van der Waals surface area contributed by atoms with E-state index in [1.54, 1.807) is 12.1 Å². The van der Waals surface area contributed by atoms with Gasteiger partial charge in [0.1, 0.15) is 5.82 Å². The van der Waals surface area contributed by atoms with Gasteiger partial charge in [0, 0.05) is 6.04 Å². The Morgan fingerprint density at radius 1 is 1.00 bits per heavy atom. The summed E-state index contributed by atoms with van der Waals surface area (Å²) in [6.07, 6.45) is 0.499. The van der Waals surface area contributed by atoms with E-state index in [-0.39, 0.29) is 11.1 Å². The van der Waals surface area contributed by atoms with E-state index < -0.39 is 17.5 Å². The van der Waals surface area contributed by atoms with E-state index in [0.717, 1.165) is 11.6 Å². The summed E-state index contributed by atoms with van der Waals surface area (Å²) in [5.74, 6) is -2.24. The largest absolute Gasteiger partial charge is 0.310 e. The van der Waals surface area contributed by atoms with E-state index >= 15 is 0 Å². The van der Waals surface area contributed by atoms with Crippen molar-refractivity contribution in [2.45, 2.75) is 19.4 Å². The SMILES string of the molecule is CCNC(Cc1ccc(F)c(Cl)c1)c1ccc(F)c(F)c1. The highest BCUT2D eigenvalue weighted by Gasteiger charge is 2.14. The second-order valence-electron chi connectivity index (χ2n) is 4.74. The maximum absolute atomic E-state index is 13.4. The minimum Gasteiger partial charge on any atom is -0.310 e. The van der Waals surface area contributed by atoms with Crippen LogP contribution in [0, 0.1) is 17.5 Å². The molecule has 0 heterocycles. The Kier molecular flexibility index (Phi) is 5.26. The molecule has 1 nitrogen and oxygen atoms in total. The summed E-state index contributed by atoms with van der Waals surface area (Å²) in [6.45, 7) is 2.59. The van der Waals surface area contributed by atoms with Crippen molar-refractivity contribution in [1.29, 1.82) is 0 Å². The highest BCUT2D eigenvalue weighted by atomic mass is 35.5. The lowest BCUT2D eigenvalue weighted by atomic mass is 9.98. The first-order valence-electron chi connectivity index (χ1n) is 6.63. The third-order valence-electron chi connectivity index (χ3n) is 3.22. The van der Waals surface area contributed by atoms with Crippen molar-refractivity contribution in [2.24, 2.45) is 0 Å². The van der Waals surface area contributed by atoms with E-state index in [1.807, 2.05) is 6.92 Å². The average Bonchev–Trinajstić information content (AvgIpc) is 2.45. The summed E-state index contributed by atoms with van der Waals surface area (Å²) in [5, 5.41) is 3.25. The van der Waals surface area contributed by atoms with Gasteiger partial charge < -0.3 is 5.32 Å². The van der Waals surface area contributed by atoms with E-state index in [0.29, 0.717) is 18.5 Å². The lowest BCUT2D eigenvalue weighted by molar-refractivity contribution is 0.497. The van der Waals surface area contributed by atoms with Gasteiger partial charge in [-0.05, 0) is 48.4 Å². The van der Waals surface area contributed by atoms with Crippen LogP contribution in [0.1, 0.15) is 24.1 Å². The van der Waals surface area contributed by atoms with E-state index in [9.17, 15) is 13.2 Å². The van der Waals surface area contributed by atoms with Crippen LogP contribution in [0.3, 0.4) is 0 Å². The van der Waals surface area contributed by atoms with Gasteiger partial charge in [-0.25, -0.2) is 13.2 Å². The lowest BCUT2D eigenvalue weighted by Gasteiger charge is -2.19. The zero-order valence-electron chi connectivity index (χ0n) is 11.5. The maximum atomic E-state index is 13.4. The molecule has 0 saturated carbocycles. The van der Waals surface area contributed by atoms with E-state index in [4.69, 9.17) is 11.6 Å². The van der Waals surface area contributed by atoms with Crippen LogP contribution in [0.4, 0.5) is 13.2 Å². The molecule has 2 rings (SSSR count). The van der Waals surface area contributed by atoms with Crippen LogP contribution in [-0.2, 0) is 6.42 Å². The molecule has 0 aromatic heterocycles. The second kappa shape index (κ2) is 6.96. The monoisotopic (exact) mass is 313 g/mol. The average molecular weight is 314 g/mol. The molecule has 0 aliphatic rings. The first kappa shape index (κ1) is 15.9. The third-order valence-corrected chi connectivity index (χ3v) is 3.51. The molecule has 1 atom stereocenters. The fourth-order valence-corrected chi connectivity index (χ4v) is 2.39. The Labute approximate surface area is 126 Å². The predicted octanol–water partition coefficient (Wildman–Crippen LogP) is 4.65. The number of rotatable bonds is 5. The molecule has 0 spiro atoms. The maximum Gasteiger partial charge on any atom is 0.159 e. The molecule has 0 amide bonds. The molecule has 112 valence electrons. The van der Waals surface area contributed by atoms with Gasteiger partial charge in [-0.1, -0.05) is 30.7 Å². The second-order valence-corrected chi connectivity index (χ2v) is 5.14. The van der Waals surface area contributed by atoms with Gasteiger partial charge >= 0.3 is 0 Å². The van der Waals surface area contributed by atoms with Crippen molar-refractivity contribution in [1.82, 2.24) is 5.32 Å². The van der Waals surface area contributed by atoms with Gasteiger partial charge in [0.25, 0.3) is 0 Å². The predicted molar refractivity (Wildman–Crippen MR) is 77.9 cm³/mol. The molecule has 0 aliphatic carbocycles. The van der Waals surface area contributed by atoms with Crippen molar-refractivity contribution in [3.05, 3.63) is 70.0 Å². The van der Waals surface area contributed by atoms with Gasteiger partial charge in [-0.3, -0.25) is 0 Å². The van der Waals surface area contributed by atoms with Gasteiger partial charge in [0.05, 0.1) is 5.02 Å². The third kappa shape index (κ3) is 3.99. The fourth-order valence-electron chi connectivity index (χ4n) is 2.19. The van der Waals surface area contributed by atoms with Gasteiger partial charge in [-0.2, -0.15) is 0 Å². The molecule has 2 aromatic rings. The van der Waals surface area contributed by atoms with Gasteiger partial charge in [-0.15, -0.1) is 0 Å². The Morgan fingerprint density at radius 3 is 2.33 bits per heavy atom. The number of benzene rings is 2. The van der Waals surface area contributed by atoms with Crippen LogP contribution in [-0.4, -0.2) is 6.54 Å². The van der Waals surface area contributed by atoms with Crippen LogP contribution in [0.15, 0.2) is 36.4 Å². The molecular formula is C16H15ClF3N. The summed E-state index contributed by atoms with van der Waals surface area (Å²) in [7, 11) is 0. The number of likely N-dealkylation sites (N-methyl/N-ethyl adjacent to an activating group) is 1. The first-order valence-corrected chi connectivity index (χ1v) is 7.01. The highest BCUT2D eigenvalue weighted by molar-refractivity contribution is 6.30. The Morgan fingerprint density at radius 2 is 1.71 bits per heavy atom. The van der Waals surface area contributed by atoms with Crippen molar-refractivity contribution in [3.63, 3.8) is 0 Å². The number of hydrogen-bond acceptors (Lipinski definition) is 1. The van der Waals surface area contributed by atoms with E-state index in [2.05, 4.69) is 5.32 Å². The molecule has 21 heavy (non-hydrogen) atoms. The zero-order chi connectivity index (χ0) is 15.4. The molecule has 2 aromatic carbocycles. The summed E-state index contributed by atoms with van der Waals surface area (Å²) in [4.78, 5) is 0. The standard InChI is InChI=1S/C16H15ClF3N/c1-2-21-16(11-4-6-14(19)15(20)9-11)8-10-3-5-13(18)12(17)7-10/h3-7,9,16,21H,2,8H2,1H3. The topological polar surface area (TPSA) is 12.0 Å². The molecule has 0 radical (unpaired) electrons. The summed E-state index contributed by atoms with van der Waals surface area (Å²) in [5.41, 5.74) is 1.45. The van der Waals surface area contributed by atoms with Crippen molar-refractivity contribution >= 4 is 11.6 Å². The Hall–Kier alpha value is -1.52. The molecule has 1 unspecified atom stereocenters. The first-order chi connectivity index (χ1) is 10.0. The number of halogens is 4. The molecule has 0 aliphatic heterocycles. The molecule has 5 heteroatoms. The fraction of sp³-hybridized carbons (Fsp3) is 0.250. The van der Waals surface area contributed by atoms with Crippen LogP contribution in [0.2, 0.25) is 5.02 Å². The van der Waals surface area contributed by atoms with Gasteiger partial charge in [0.15, 0.2) is 11.6 Å². The quantitative estimate of drug-likeness (QED) is 0.847. The minimum atomic E-state index is -0.882. The van der Waals surface area contributed by atoms with Gasteiger partial charge in [0.2, 0.25) is 0 Å². The Bertz CT molecular complexity index is 631. The highest BCUT2D eigenvalue weighted by Crippen LogP contribution is 2.23. The summed E-state index contributed by atoms with van der Waals surface area (Å²) < 4.78 is 39.5. The number of hydrogen-bond donors (Lipinski definition) is 1. The Balaban J connectivity index is 2.25. The van der Waals surface area contributed by atoms with Crippen LogP contribution in [0.5, 0.6) is 0 Å². The van der Waals surface area contributed by atoms with Crippen LogP contribution in [0.25, 0.3) is 0 Å². The van der Waals surface area contributed by atoms with Crippen molar-refractivity contribution in [2.75, 3.05) is 6.54 Å². The molecule has 0 saturated heterocycles. The number of nitrogens with one attached hydrogen (secondary N) is 1. The minimum absolute atomic E-state index is 0.0491. The lowest BCUT2D eigenvalue weighted by Crippen LogP contribution is -2.23. The van der Waals surface area contributed by atoms with Crippen molar-refractivity contribution in [3.8, 4) is 0 Å². The zero-order valence-corrected chi connectivity index (χ0v) is 12.2. The van der Waals surface area contributed by atoms with Crippen molar-refractivity contribution < 1.29 is 13.2 Å². The summed E-state index contributed by atoms with van der Waals surface area (Å²) in [6, 6.07) is 8.09. The molecule has 0 fully saturated rings. The normalized spacial score (nSPS) is 12.4. The van der Waals surface area contributed by atoms with E-state index in [1.165, 1.54) is 18.2 Å². The molecular weight excluding hydrogens is 299 g/mol. The smallest absolute Gasteiger partial charge is 0.159 e. The van der Waals surface area contributed by atoms with Crippen LogP contribution < -0.4 is 5.32 Å². The molecule has 1 N–H and O–H groups in total.